The summed E-state index contributed by atoms with van der Waals surface area (Å²) in [6, 6.07) is 163. The first-order valence-corrected chi connectivity index (χ1v) is 45.5. The predicted octanol–water partition coefficient (Wildman–Crippen LogP) is 34.6. The zero-order valence-electron chi connectivity index (χ0n) is 71.4. The third-order valence-electron chi connectivity index (χ3n) is 28.3. The summed E-state index contributed by atoms with van der Waals surface area (Å²) in [5.41, 5.74) is 32.1. The fraction of sp³-hybridized carbons (Fsp3) is 0.0820. The molecule has 1 aliphatic heterocycles. The molecule has 129 heavy (non-hydrogen) atoms. The Labute approximate surface area is 752 Å². The zero-order chi connectivity index (χ0) is 85.1. The minimum atomic E-state index is 0.00277. The lowest BCUT2D eigenvalue weighted by Crippen LogP contribution is -2.21. The van der Waals surface area contributed by atoms with Gasteiger partial charge in [-0.05, 0) is 301 Å². The summed E-state index contributed by atoms with van der Waals surface area (Å²) in [6.45, 7) is 0. The molecule has 1 heterocycles. The first kappa shape index (κ1) is 75.6. The van der Waals surface area contributed by atoms with Crippen LogP contribution in [0.2, 0.25) is 0 Å². The van der Waals surface area contributed by atoms with Crippen molar-refractivity contribution in [1.82, 2.24) is 0 Å². The quantitative estimate of drug-likeness (QED) is 0.0841. The third kappa shape index (κ3) is 12.8. The standard InChI is InChI=1S/C122H89N5O2/c1-5-28-88(29-6-1)123(95-58-60-96(61-59-95)125(98-63-68-108-106-40-20-22-44-112(106)122(114(108)79-98)73-25-26-74-122)94-54-47-83(48-55-94)82-45-52-93(53-46-82)124(89-30-7-2-8-31-89)97-62-67-107-105-39-19-21-43-111(105)121(113(107)78-97)71-23-24-72-121)92-56-49-84(50-57-92)85-51-66-102-87(75-85)77-116(110-42-18-16-38-104(102)110)127(91-34-11-4-12-35-91)100-65-70-118-120(81-100)129-117-69-64-99(80-119(117)128-118)126(90-32-9-3-10-33-90)115-76-86-27-13-14-36-101(86)103-37-15-17-41-109(103)115/h1-22,27-70,75-81H,23-26,71-74H2. The number of hydrogen-bond acceptors (Lipinski definition) is 7. The van der Waals surface area contributed by atoms with Gasteiger partial charge in [-0.1, -0.05) is 280 Å². The first-order valence-electron chi connectivity index (χ1n) is 45.5. The number of anilines is 15. The van der Waals surface area contributed by atoms with Crippen molar-refractivity contribution < 1.29 is 9.47 Å². The molecule has 0 radical (unpaired) electrons. The molecular formula is C122H89N5O2. The maximum atomic E-state index is 6.96. The van der Waals surface area contributed by atoms with Crippen LogP contribution in [0.4, 0.5) is 85.3 Å². The van der Waals surface area contributed by atoms with Crippen molar-refractivity contribution in [1.29, 1.82) is 0 Å². The topological polar surface area (TPSA) is 34.7 Å². The van der Waals surface area contributed by atoms with Gasteiger partial charge in [0.05, 0.1) is 22.7 Å². The molecule has 7 nitrogen and oxygen atoms in total. The molecule has 7 heteroatoms. The average Bonchev–Trinajstić information content (AvgIpc) is 1.55. The molecule has 614 valence electrons. The van der Waals surface area contributed by atoms with Gasteiger partial charge in [0.25, 0.3) is 0 Å². The van der Waals surface area contributed by atoms with Crippen molar-refractivity contribution in [3.8, 4) is 67.5 Å². The van der Waals surface area contributed by atoms with Gasteiger partial charge in [0.15, 0.2) is 23.0 Å². The molecule has 0 N–H and O–H groups in total. The SMILES string of the molecule is c1ccc(N(c2ccc(-c3ccc4c(c3)cc(N(c3ccccc3)c3ccc5c(c3)Oc3ccc(N(c6ccccc6)c6cc7ccccc7c7ccccc67)cc3O5)c3ccccc34)cc2)c2ccc(N(c3ccc(-c4ccc(N(c5ccccc5)c5ccc6c(c5)C5(CCCC5)c5ccccc5-6)cc4)cc3)c3ccc4c(c3)C3(CCCC3)c3ccccc3-4)cc2)cc1. The molecule has 25 rings (SSSR count). The number of benzene rings is 20. The highest BCUT2D eigenvalue weighted by Gasteiger charge is 2.47. The van der Waals surface area contributed by atoms with Gasteiger partial charge in [0.2, 0.25) is 0 Å². The summed E-state index contributed by atoms with van der Waals surface area (Å²) in [4.78, 5) is 12.0. The summed E-state index contributed by atoms with van der Waals surface area (Å²) >= 11 is 0. The van der Waals surface area contributed by atoms with E-state index in [0.29, 0.717) is 23.0 Å². The summed E-state index contributed by atoms with van der Waals surface area (Å²) in [5.74, 6) is 2.55. The lowest BCUT2D eigenvalue weighted by atomic mass is 9.76. The maximum Gasteiger partial charge on any atom is 0.172 e. The molecule has 5 aliphatic rings. The van der Waals surface area contributed by atoms with E-state index in [1.54, 1.807) is 0 Å². The molecule has 0 bridgehead atoms. The molecule has 20 aromatic carbocycles. The van der Waals surface area contributed by atoms with Gasteiger partial charge in [0, 0.05) is 96.3 Å². The molecule has 0 aromatic heterocycles. The zero-order valence-corrected chi connectivity index (χ0v) is 71.4. The minimum Gasteiger partial charge on any atom is -0.449 e. The molecule has 2 fully saturated rings. The third-order valence-corrected chi connectivity index (χ3v) is 28.3. The normalized spacial score (nSPS) is 13.9. The van der Waals surface area contributed by atoms with Crippen molar-refractivity contribution in [2.45, 2.75) is 62.2 Å². The number of ether oxygens (including phenoxy) is 2. The monoisotopic (exact) mass is 1660 g/mol. The smallest absolute Gasteiger partial charge is 0.172 e. The Morgan fingerprint density at radius 2 is 0.457 bits per heavy atom. The molecule has 0 unspecified atom stereocenters. The van der Waals surface area contributed by atoms with Crippen molar-refractivity contribution >= 4 is 128 Å². The van der Waals surface area contributed by atoms with E-state index in [9.17, 15) is 0 Å². The predicted molar refractivity (Wildman–Crippen MR) is 537 cm³/mol. The molecule has 20 aromatic rings. The first-order chi connectivity index (χ1) is 63.9. The average molecular weight is 1660 g/mol. The fourth-order valence-corrected chi connectivity index (χ4v) is 22.4. The van der Waals surface area contributed by atoms with E-state index in [1.165, 1.54) is 116 Å². The van der Waals surface area contributed by atoms with Crippen LogP contribution in [0.3, 0.4) is 0 Å². The molecular weight excluding hydrogens is 1570 g/mol. The second-order valence-corrected chi connectivity index (χ2v) is 35.3. The Morgan fingerprint density at radius 1 is 0.171 bits per heavy atom. The summed E-state index contributed by atoms with van der Waals surface area (Å²) in [6.07, 6.45) is 9.69. The van der Waals surface area contributed by atoms with E-state index in [1.807, 2.05) is 12.1 Å². The molecule has 0 atom stereocenters. The largest absolute Gasteiger partial charge is 0.449 e. The fourth-order valence-electron chi connectivity index (χ4n) is 22.4. The van der Waals surface area contributed by atoms with Crippen molar-refractivity contribution in [2.75, 3.05) is 24.5 Å². The Kier molecular flexibility index (Phi) is 18.2. The number of hydrogen-bond donors (Lipinski definition) is 0. The number of fused-ring (bicyclic) bond motifs is 18. The van der Waals surface area contributed by atoms with Crippen LogP contribution in [0.25, 0.3) is 87.6 Å². The number of rotatable bonds is 17. The molecule has 0 saturated heterocycles. The second kappa shape index (κ2) is 31.0. The van der Waals surface area contributed by atoms with Crippen LogP contribution >= 0.6 is 0 Å². The van der Waals surface area contributed by atoms with E-state index in [0.717, 1.165) is 131 Å². The molecule has 0 amide bonds. The van der Waals surface area contributed by atoms with Crippen LogP contribution in [0, 0.1) is 0 Å². The Hall–Kier alpha value is -16.0. The number of nitrogens with zero attached hydrogens (tertiary/aromatic N) is 5. The molecule has 2 saturated carbocycles. The minimum absolute atomic E-state index is 0.00277. The van der Waals surface area contributed by atoms with Gasteiger partial charge in [-0.2, -0.15) is 0 Å². The summed E-state index contributed by atoms with van der Waals surface area (Å²) in [7, 11) is 0. The molecule has 2 spiro atoms. The van der Waals surface area contributed by atoms with Gasteiger partial charge in [-0.3, -0.25) is 0 Å². The summed E-state index contributed by atoms with van der Waals surface area (Å²) < 4.78 is 13.9. The Bertz CT molecular complexity index is 7740. The van der Waals surface area contributed by atoms with Gasteiger partial charge in [-0.15, -0.1) is 0 Å². The van der Waals surface area contributed by atoms with E-state index < -0.39 is 0 Å². The van der Waals surface area contributed by atoms with Crippen LogP contribution in [-0.2, 0) is 10.8 Å². The van der Waals surface area contributed by atoms with Crippen molar-refractivity contribution in [3.05, 3.63) is 465 Å². The van der Waals surface area contributed by atoms with Crippen LogP contribution in [0.5, 0.6) is 23.0 Å². The second-order valence-electron chi connectivity index (χ2n) is 35.3. The van der Waals surface area contributed by atoms with Crippen molar-refractivity contribution in [3.63, 3.8) is 0 Å². The number of para-hydroxylation sites is 4. The molecule has 4 aliphatic carbocycles. The van der Waals surface area contributed by atoms with Gasteiger partial charge in [-0.25, -0.2) is 0 Å². The summed E-state index contributed by atoms with van der Waals surface area (Å²) in [5, 5.41) is 9.34. The van der Waals surface area contributed by atoms with Crippen LogP contribution in [0.15, 0.2) is 443 Å². The van der Waals surface area contributed by atoms with Crippen LogP contribution in [0.1, 0.15) is 73.6 Å². The highest BCUT2D eigenvalue weighted by molar-refractivity contribution is 6.17. The lowest BCUT2D eigenvalue weighted by Gasteiger charge is -2.31. The van der Waals surface area contributed by atoms with E-state index >= 15 is 0 Å². The van der Waals surface area contributed by atoms with Gasteiger partial charge in [0.1, 0.15) is 0 Å². The Balaban J connectivity index is 0.527. The highest BCUT2D eigenvalue weighted by atomic mass is 16.6. The van der Waals surface area contributed by atoms with Crippen LogP contribution in [-0.4, -0.2) is 0 Å². The van der Waals surface area contributed by atoms with Gasteiger partial charge >= 0.3 is 0 Å². The Morgan fingerprint density at radius 3 is 0.884 bits per heavy atom. The maximum absolute atomic E-state index is 6.96. The van der Waals surface area contributed by atoms with E-state index in [-0.39, 0.29) is 10.8 Å². The van der Waals surface area contributed by atoms with Gasteiger partial charge < -0.3 is 34.0 Å². The van der Waals surface area contributed by atoms with E-state index in [4.69, 9.17) is 9.47 Å². The van der Waals surface area contributed by atoms with Crippen LogP contribution < -0.4 is 34.0 Å². The van der Waals surface area contributed by atoms with Crippen molar-refractivity contribution in [2.24, 2.45) is 0 Å². The lowest BCUT2D eigenvalue weighted by molar-refractivity contribution is 0.360. The van der Waals surface area contributed by atoms with E-state index in [2.05, 4.69) is 455 Å². The highest BCUT2D eigenvalue weighted by Crippen LogP contribution is 2.61.